The normalized spacial score (nSPS) is 15.3. The Morgan fingerprint density at radius 2 is 2.21 bits per heavy atom. The van der Waals surface area contributed by atoms with Crippen molar-refractivity contribution < 1.29 is 13.2 Å². The van der Waals surface area contributed by atoms with E-state index in [1.54, 1.807) is 13.2 Å². The van der Waals surface area contributed by atoms with E-state index in [-0.39, 0.29) is 5.75 Å². The fourth-order valence-electron chi connectivity index (χ4n) is 2.40. The van der Waals surface area contributed by atoms with E-state index in [9.17, 15) is 8.42 Å². The fraction of sp³-hybridized carbons (Fsp3) is 0.538. The Balaban J connectivity index is 2.26. The highest BCUT2D eigenvalue weighted by molar-refractivity contribution is 7.92. The van der Waals surface area contributed by atoms with Crippen LogP contribution < -0.4 is 10.0 Å². The van der Waals surface area contributed by atoms with Gasteiger partial charge in [0.25, 0.3) is 0 Å². The first kappa shape index (κ1) is 14.1. The number of benzene rings is 1. The van der Waals surface area contributed by atoms with Crippen LogP contribution in [0.15, 0.2) is 18.2 Å². The van der Waals surface area contributed by atoms with Gasteiger partial charge in [-0.1, -0.05) is 6.07 Å². The van der Waals surface area contributed by atoms with Crippen LogP contribution in [0.4, 0.5) is 11.4 Å². The van der Waals surface area contributed by atoms with Crippen LogP contribution in [0.3, 0.4) is 0 Å². The first-order valence-corrected chi connectivity index (χ1v) is 8.04. The van der Waals surface area contributed by atoms with Gasteiger partial charge in [0, 0.05) is 25.9 Å². The summed E-state index contributed by atoms with van der Waals surface area (Å²) in [7, 11) is -1.72. The molecule has 19 heavy (non-hydrogen) atoms. The zero-order chi connectivity index (χ0) is 13.9. The van der Waals surface area contributed by atoms with E-state index in [1.807, 2.05) is 12.1 Å². The molecule has 2 rings (SSSR count). The van der Waals surface area contributed by atoms with E-state index in [0.717, 1.165) is 24.1 Å². The van der Waals surface area contributed by atoms with Crippen LogP contribution in [0.2, 0.25) is 0 Å². The molecule has 0 unspecified atom stereocenters. The first-order valence-electron chi connectivity index (χ1n) is 6.43. The van der Waals surface area contributed by atoms with Crippen LogP contribution in [0.25, 0.3) is 0 Å². The predicted octanol–water partition coefficient (Wildman–Crippen LogP) is 1.39. The minimum Gasteiger partial charge on any atom is -0.398 e. The number of methoxy groups -OCH3 is 1. The van der Waals surface area contributed by atoms with Gasteiger partial charge >= 0.3 is 0 Å². The molecule has 1 heterocycles. The smallest absolute Gasteiger partial charge is 0.235 e. The summed E-state index contributed by atoms with van der Waals surface area (Å²) in [6, 6.07) is 5.45. The van der Waals surface area contributed by atoms with Gasteiger partial charge in [-0.2, -0.15) is 0 Å². The Hall–Kier alpha value is -1.27. The van der Waals surface area contributed by atoms with Crippen LogP contribution >= 0.6 is 0 Å². The maximum atomic E-state index is 12.4. The second kappa shape index (κ2) is 5.79. The Labute approximate surface area is 114 Å². The molecule has 1 aromatic carbocycles. The Bertz CT molecular complexity index is 543. The minimum atomic E-state index is -3.29. The van der Waals surface area contributed by atoms with E-state index in [1.165, 1.54) is 4.31 Å². The van der Waals surface area contributed by atoms with Crippen molar-refractivity contribution in [3.63, 3.8) is 0 Å². The van der Waals surface area contributed by atoms with E-state index in [2.05, 4.69) is 0 Å². The van der Waals surface area contributed by atoms with Crippen molar-refractivity contribution >= 4 is 21.4 Å². The second-order valence-corrected chi connectivity index (χ2v) is 6.70. The molecule has 1 aromatic rings. The molecule has 1 aliphatic rings. The number of nitrogen functional groups attached to an aromatic ring is 1. The summed E-state index contributed by atoms with van der Waals surface area (Å²) in [5.41, 5.74) is 8.29. The zero-order valence-electron chi connectivity index (χ0n) is 11.1. The number of ether oxygens (including phenoxy) is 1. The third kappa shape index (κ3) is 3.01. The van der Waals surface area contributed by atoms with Crippen molar-refractivity contribution in [2.24, 2.45) is 0 Å². The standard InChI is InChI=1S/C13H20N2O3S/c1-18-9-4-10-19(16,17)15-8-3-5-11-12(14)6-2-7-13(11)15/h2,6-7H,3-5,8-10,14H2,1H3. The molecule has 0 saturated carbocycles. The molecular weight excluding hydrogens is 264 g/mol. The lowest BCUT2D eigenvalue weighted by atomic mass is 10.0. The van der Waals surface area contributed by atoms with Gasteiger partial charge in [0.05, 0.1) is 11.4 Å². The Morgan fingerprint density at radius 1 is 1.42 bits per heavy atom. The lowest BCUT2D eigenvalue weighted by Crippen LogP contribution is -2.37. The maximum Gasteiger partial charge on any atom is 0.235 e. The molecule has 106 valence electrons. The number of nitrogens with two attached hydrogens (primary N) is 1. The van der Waals surface area contributed by atoms with Gasteiger partial charge in [0.1, 0.15) is 0 Å². The quantitative estimate of drug-likeness (QED) is 0.655. The molecule has 0 aliphatic carbocycles. The average Bonchev–Trinajstić information content (AvgIpc) is 2.39. The van der Waals surface area contributed by atoms with Gasteiger partial charge in [-0.05, 0) is 37.0 Å². The molecule has 0 saturated heterocycles. The molecule has 2 N–H and O–H groups in total. The van der Waals surface area contributed by atoms with Crippen molar-refractivity contribution in [1.29, 1.82) is 0 Å². The van der Waals surface area contributed by atoms with E-state index >= 15 is 0 Å². The average molecular weight is 284 g/mol. The van der Waals surface area contributed by atoms with Crippen molar-refractivity contribution in [2.75, 3.05) is 36.1 Å². The van der Waals surface area contributed by atoms with Crippen molar-refractivity contribution in [2.45, 2.75) is 19.3 Å². The summed E-state index contributed by atoms with van der Waals surface area (Å²) in [5, 5.41) is 0. The molecule has 0 radical (unpaired) electrons. The summed E-state index contributed by atoms with van der Waals surface area (Å²) in [4.78, 5) is 0. The molecule has 0 atom stereocenters. The summed E-state index contributed by atoms with van der Waals surface area (Å²) in [6.45, 7) is 0.989. The fourth-order valence-corrected chi connectivity index (χ4v) is 3.98. The molecule has 6 heteroatoms. The van der Waals surface area contributed by atoms with Crippen LogP contribution in [0, 0.1) is 0 Å². The van der Waals surface area contributed by atoms with Crippen molar-refractivity contribution in [3.05, 3.63) is 23.8 Å². The lowest BCUT2D eigenvalue weighted by Gasteiger charge is -2.31. The number of hydrogen-bond acceptors (Lipinski definition) is 4. The van der Waals surface area contributed by atoms with Crippen LogP contribution in [-0.2, 0) is 21.2 Å². The summed E-state index contributed by atoms with van der Waals surface area (Å²) in [6.07, 6.45) is 2.16. The van der Waals surface area contributed by atoms with Crippen LogP contribution in [0.5, 0.6) is 0 Å². The number of rotatable bonds is 5. The molecule has 1 aliphatic heterocycles. The highest BCUT2D eigenvalue weighted by Crippen LogP contribution is 2.33. The second-order valence-electron chi connectivity index (χ2n) is 4.68. The molecule has 0 amide bonds. The van der Waals surface area contributed by atoms with Crippen LogP contribution in [-0.4, -0.2) is 34.4 Å². The van der Waals surface area contributed by atoms with E-state index in [0.29, 0.717) is 25.3 Å². The molecule has 0 aromatic heterocycles. The summed E-state index contributed by atoms with van der Waals surface area (Å²) in [5.74, 6) is 0.106. The van der Waals surface area contributed by atoms with Crippen molar-refractivity contribution in [3.8, 4) is 0 Å². The number of anilines is 2. The van der Waals surface area contributed by atoms with Gasteiger partial charge in [-0.25, -0.2) is 8.42 Å². The molecule has 0 fully saturated rings. The Morgan fingerprint density at radius 3 is 2.95 bits per heavy atom. The monoisotopic (exact) mass is 284 g/mol. The van der Waals surface area contributed by atoms with E-state index in [4.69, 9.17) is 10.5 Å². The number of fused-ring (bicyclic) bond motifs is 1. The molecule has 0 spiro atoms. The third-order valence-corrected chi connectivity index (χ3v) is 5.19. The largest absolute Gasteiger partial charge is 0.398 e. The molecular formula is C13H20N2O3S. The van der Waals surface area contributed by atoms with Gasteiger partial charge in [0.15, 0.2) is 0 Å². The third-order valence-electron chi connectivity index (χ3n) is 3.33. The first-order chi connectivity index (χ1) is 9.06. The SMILES string of the molecule is COCCCS(=O)(=O)N1CCCc2c(N)cccc21. The van der Waals surface area contributed by atoms with Crippen LogP contribution in [0.1, 0.15) is 18.4 Å². The number of sulfonamides is 1. The van der Waals surface area contributed by atoms with Gasteiger partial charge < -0.3 is 10.5 Å². The number of hydrogen-bond donors (Lipinski definition) is 1. The highest BCUT2D eigenvalue weighted by Gasteiger charge is 2.27. The number of nitrogens with zero attached hydrogens (tertiary/aromatic N) is 1. The summed E-state index contributed by atoms with van der Waals surface area (Å²) >= 11 is 0. The minimum absolute atomic E-state index is 0.106. The molecule has 0 bridgehead atoms. The van der Waals surface area contributed by atoms with Crippen molar-refractivity contribution in [1.82, 2.24) is 0 Å². The Kier molecular flexibility index (Phi) is 4.31. The van der Waals surface area contributed by atoms with Gasteiger partial charge in [0.2, 0.25) is 10.0 Å². The highest BCUT2D eigenvalue weighted by atomic mass is 32.2. The van der Waals surface area contributed by atoms with Gasteiger partial charge in [-0.3, -0.25) is 4.31 Å². The summed E-state index contributed by atoms with van der Waals surface area (Å²) < 4.78 is 31.1. The zero-order valence-corrected chi connectivity index (χ0v) is 11.9. The molecule has 5 nitrogen and oxygen atoms in total. The predicted molar refractivity (Wildman–Crippen MR) is 76.8 cm³/mol. The topological polar surface area (TPSA) is 72.6 Å². The maximum absolute atomic E-state index is 12.4. The van der Waals surface area contributed by atoms with E-state index < -0.39 is 10.0 Å². The van der Waals surface area contributed by atoms with Gasteiger partial charge in [-0.15, -0.1) is 0 Å². The lowest BCUT2D eigenvalue weighted by molar-refractivity contribution is 0.199.